The number of ether oxygens (including phenoxy) is 2. The molecular weight excluding hydrogens is 250 g/mol. The molecule has 6 nitrogen and oxygen atoms in total. The van der Waals surface area contributed by atoms with Crippen LogP contribution >= 0.6 is 0 Å². The summed E-state index contributed by atoms with van der Waals surface area (Å²) in [6.07, 6.45) is 0.408. The van der Waals surface area contributed by atoms with E-state index in [0.717, 1.165) is 5.56 Å². The molecule has 2 atom stereocenters. The van der Waals surface area contributed by atoms with Gasteiger partial charge in [0.05, 0.1) is 11.8 Å². The van der Waals surface area contributed by atoms with Crippen LogP contribution in [0.25, 0.3) is 0 Å². The smallest absolute Gasteiger partial charge is 0.307 e. The molecule has 2 aliphatic rings. The van der Waals surface area contributed by atoms with Crippen LogP contribution in [0.15, 0.2) is 12.1 Å². The molecule has 1 aliphatic heterocycles. The average molecular weight is 263 g/mol. The third kappa shape index (κ3) is 2.09. The molecule has 2 N–H and O–H groups in total. The molecule has 1 fully saturated rings. The Hall–Kier alpha value is -2.24. The molecular formula is C13H13NO5. The number of hydrogen-bond donors (Lipinski definition) is 2. The fraction of sp³-hybridized carbons (Fsp3) is 0.385. The highest BCUT2D eigenvalue weighted by Crippen LogP contribution is 2.41. The van der Waals surface area contributed by atoms with Gasteiger partial charge in [0.1, 0.15) is 0 Å². The zero-order valence-corrected chi connectivity index (χ0v) is 10.3. The fourth-order valence-electron chi connectivity index (χ4n) is 2.16. The Morgan fingerprint density at radius 1 is 1.26 bits per heavy atom. The van der Waals surface area contributed by atoms with Crippen LogP contribution in [0.5, 0.6) is 11.5 Å². The quantitative estimate of drug-likeness (QED) is 0.860. The normalized spacial score (nSPS) is 23.0. The molecule has 1 aromatic carbocycles. The number of nitrogens with one attached hydrogen (secondary N) is 1. The van der Waals surface area contributed by atoms with E-state index >= 15 is 0 Å². The van der Waals surface area contributed by atoms with Gasteiger partial charge < -0.3 is 19.9 Å². The van der Waals surface area contributed by atoms with Gasteiger partial charge in [-0.25, -0.2) is 0 Å². The molecule has 1 heterocycles. The van der Waals surface area contributed by atoms with Crippen molar-refractivity contribution < 1.29 is 24.2 Å². The number of carboxylic acid groups (broad SMARTS) is 1. The lowest BCUT2D eigenvalue weighted by molar-refractivity contribution is -0.139. The van der Waals surface area contributed by atoms with Gasteiger partial charge in [0.15, 0.2) is 11.5 Å². The molecule has 2 unspecified atom stereocenters. The topological polar surface area (TPSA) is 84.9 Å². The molecule has 1 aliphatic carbocycles. The minimum absolute atomic E-state index is 0.176. The van der Waals surface area contributed by atoms with Gasteiger partial charge in [0.2, 0.25) is 12.7 Å². The molecule has 19 heavy (non-hydrogen) atoms. The number of carbonyl (C=O) groups excluding carboxylic acids is 1. The highest BCUT2D eigenvalue weighted by molar-refractivity contribution is 5.98. The first-order chi connectivity index (χ1) is 9.06. The second-order valence-electron chi connectivity index (χ2n) is 4.80. The maximum atomic E-state index is 11.9. The van der Waals surface area contributed by atoms with Crippen LogP contribution in [0.3, 0.4) is 0 Å². The zero-order valence-electron chi connectivity index (χ0n) is 10.3. The average Bonchev–Trinajstić information content (AvgIpc) is 3.05. The van der Waals surface area contributed by atoms with E-state index < -0.39 is 17.8 Å². The fourth-order valence-corrected chi connectivity index (χ4v) is 2.16. The van der Waals surface area contributed by atoms with E-state index in [4.69, 9.17) is 14.6 Å². The second-order valence-corrected chi connectivity index (χ2v) is 4.80. The molecule has 0 radical (unpaired) electrons. The Morgan fingerprint density at radius 3 is 2.58 bits per heavy atom. The first-order valence-electron chi connectivity index (χ1n) is 6.00. The van der Waals surface area contributed by atoms with E-state index in [-0.39, 0.29) is 12.7 Å². The van der Waals surface area contributed by atoms with E-state index in [9.17, 15) is 9.59 Å². The third-order valence-corrected chi connectivity index (χ3v) is 3.42. The van der Waals surface area contributed by atoms with Crippen LogP contribution in [-0.4, -0.2) is 23.8 Å². The van der Waals surface area contributed by atoms with Crippen LogP contribution in [0.4, 0.5) is 5.69 Å². The van der Waals surface area contributed by atoms with Gasteiger partial charge in [-0.05, 0) is 25.0 Å². The summed E-state index contributed by atoms with van der Waals surface area (Å²) >= 11 is 0. The van der Waals surface area contributed by atoms with Gasteiger partial charge in [-0.2, -0.15) is 0 Å². The first kappa shape index (κ1) is 11.8. The van der Waals surface area contributed by atoms with Crippen molar-refractivity contribution in [3.05, 3.63) is 17.7 Å². The Morgan fingerprint density at radius 2 is 1.95 bits per heavy atom. The largest absolute Gasteiger partial charge is 0.481 e. The maximum Gasteiger partial charge on any atom is 0.307 e. The van der Waals surface area contributed by atoms with Gasteiger partial charge in [0.25, 0.3) is 0 Å². The van der Waals surface area contributed by atoms with E-state index in [1.54, 1.807) is 12.1 Å². The summed E-state index contributed by atoms with van der Waals surface area (Å²) < 4.78 is 10.5. The number of benzene rings is 1. The standard InChI is InChI=1S/C13H13NO5/c1-6-2-10-11(19-5-18-10)4-9(6)14-12(15)7-3-8(7)13(16)17/h2,4,7-8H,3,5H2,1H3,(H,14,15)(H,16,17). The maximum absolute atomic E-state index is 11.9. The molecule has 6 heteroatoms. The Balaban J connectivity index is 1.74. The summed E-state index contributed by atoms with van der Waals surface area (Å²) in [6, 6.07) is 3.49. The van der Waals surface area contributed by atoms with Crippen molar-refractivity contribution in [2.24, 2.45) is 11.8 Å². The van der Waals surface area contributed by atoms with Gasteiger partial charge in [0, 0.05) is 11.8 Å². The molecule has 0 bridgehead atoms. The molecule has 3 rings (SSSR count). The molecule has 1 amide bonds. The highest BCUT2D eigenvalue weighted by Gasteiger charge is 2.48. The first-order valence-corrected chi connectivity index (χ1v) is 6.00. The summed E-state index contributed by atoms with van der Waals surface area (Å²) in [5, 5.41) is 11.6. The van der Waals surface area contributed by atoms with Crippen molar-refractivity contribution in [2.45, 2.75) is 13.3 Å². The summed E-state index contributed by atoms with van der Waals surface area (Å²) in [4.78, 5) is 22.6. The van der Waals surface area contributed by atoms with Crippen LogP contribution < -0.4 is 14.8 Å². The number of rotatable bonds is 3. The lowest BCUT2D eigenvalue weighted by atomic mass is 10.1. The van der Waals surface area contributed by atoms with E-state index in [2.05, 4.69) is 5.32 Å². The van der Waals surface area contributed by atoms with E-state index in [0.29, 0.717) is 23.6 Å². The minimum Gasteiger partial charge on any atom is -0.481 e. The third-order valence-electron chi connectivity index (χ3n) is 3.42. The summed E-state index contributed by atoms with van der Waals surface area (Å²) in [5.74, 6) is -0.898. The van der Waals surface area contributed by atoms with Crippen LogP contribution in [-0.2, 0) is 9.59 Å². The van der Waals surface area contributed by atoms with Gasteiger partial charge in [-0.15, -0.1) is 0 Å². The van der Waals surface area contributed by atoms with Crippen molar-refractivity contribution in [1.82, 2.24) is 0 Å². The lowest BCUT2D eigenvalue weighted by Gasteiger charge is -2.09. The van der Waals surface area contributed by atoms with Crippen molar-refractivity contribution in [2.75, 3.05) is 12.1 Å². The van der Waals surface area contributed by atoms with Crippen molar-refractivity contribution in [3.8, 4) is 11.5 Å². The summed E-state index contributed by atoms with van der Waals surface area (Å²) in [5.41, 5.74) is 1.48. The molecule has 0 saturated heterocycles. The van der Waals surface area contributed by atoms with Crippen LogP contribution in [0.1, 0.15) is 12.0 Å². The predicted octanol–water partition coefficient (Wildman–Crippen LogP) is 1.38. The molecule has 1 aromatic rings. The van der Waals surface area contributed by atoms with Crippen molar-refractivity contribution >= 4 is 17.6 Å². The van der Waals surface area contributed by atoms with Crippen molar-refractivity contribution in [1.29, 1.82) is 0 Å². The Bertz CT molecular complexity index is 568. The predicted molar refractivity (Wildman–Crippen MR) is 65.2 cm³/mol. The van der Waals surface area contributed by atoms with Crippen LogP contribution in [0.2, 0.25) is 0 Å². The number of amides is 1. The second kappa shape index (κ2) is 4.15. The number of carbonyl (C=O) groups is 2. The number of carboxylic acids is 1. The zero-order chi connectivity index (χ0) is 13.6. The Kier molecular flexibility index (Phi) is 2.58. The van der Waals surface area contributed by atoms with Crippen LogP contribution in [0, 0.1) is 18.8 Å². The molecule has 0 spiro atoms. The van der Waals surface area contributed by atoms with E-state index in [1.807, 2.05) is 6.92 Å². The number of anilines is 1. The minimum atomic E-state index is -0.914. The van der Waals surface area contributed by atoms with Gasteiger partial charge in [-0.1, -0.05) is 0 Å². The molecule has 0 aromatic heterocycles. The molecule has 100 valence electrons. The monoisotopic (exact) mass is 263 g/mol. The number of aliphatic carboxylic acids is 1. The Labute approximate surface area is 109 Å². The number of hydrogen-bond acceptors (Lipinski definition) is 4. The van der Waals surface area contributed by atoms with E-state index in [1.165, 1.54) is 0 Å². The summed E-state index contributed by atoms with van der Waals surface area (Å²) in [7, 11) is 0. The summed E-state index contributed by atoms with van der Waals surface area (Å²) in [6.45, 7) is 2.02. The number of aryl methyl sites for hydroxylation is 1. The molecule has 1 saturated carbocycles. The van der Waals surface area contributed by atoms with Crippen molar-refractivity contribution in [3.63, 3.8) is 0 Å². The SMILES string of the molecule is Cc1cc2c(cc1NC(=O)C1CC1C(=O)O)OCO2. The van der Waals surface area contributed by atoms with Gasteiger partial charge >= 0.3 is 5.97 Å². The van der Waals surface area contributed by atoms with Gasteiger partial charge in [-0.3, -0.25) is 9.59 Å². The lowest BCUT2D eigenvalue weighted by Crippen LogP contribution is -2.17. The number of fused-ring (bicyclic) bond motifs is 1. The highest BCUT2D eigenvalue weighted by atomic mass is 16.7.